The number of amides is 1. The highest BCUT2D eigenvalue weighted by molar-refractivity contribution is 5.66. The van der Waals surface area contributed by atoms with E-state index in [9.17, 15) is 4.79 Å². The number of nitrogens with two attached hydrogens (primary N) is 1. The average molecular weight is 174 g/mol. The molecule has 0 saturated heterocycles. The van der Waals surface area contributed by atoms with Gasteiger partial charge in [0.05, 0.1) is 6.61 Å². The van der Waals surface area contributed by atoms with Crippen LogP contribution in [0.3, 0.4) is 0 Å². The van der Waals surface area contributed by atoms with E-state index < -0.39 is 0 Å². The maximum atomic E-state index is 10.7. The molecule has 72 valence electrons. The van der Waals surface area contributed by atoms with Crippen molar-refractivity contribution in [2.24, 2.45) is 5.73 Å². The molecule has 0 aromatic carbocycles. The first kappa shape index (κ1) is 11.2. The van der Waals surface area contributed by atoms with Crippen molar-refractivity contribution >= 4 is 6.09 Å². The van der Waals surface area contributed by atoms with Crippen LogP contribution >= 0.6 is 0 Å². The van der Waals surface area contributed by atoms with Crippen LogP contribution in [0.5, 0.6) is 0 Å². The summed E-state index contributed by atoms with van der Waals surface area (Å²) in [6, 6.07) is 0. The van der Waals surface area contributed by atoms with Crippen molar-refractivity contribution in [1.82, 2.24) is 5.32 Å². The number of carbonyl (C=O) groups excluding carboxylic acids is 1. The molecule has 0 radical (unpaired) electrons. The first-order valence-electron chi connectivity index (χ1n) is 4.42. The van der Waals surface area contributed by atoms with Gasteiger partial charge in [-0.1, -0.05) is 6.42 Å². The van der Waals surface area contributed by atoms with Gasteiger partial charge in [0.1, 0.15) is 0 Å². The van der Waals surface area contributed by atoms with Gasteiger partial charge >= 0.3 is 6.09 Å². The zero-order valence-corrected chi connectivity index (χ0v) is 7.64. The quantitative estimate of drug-likeness (QED) is 0.587. The Bertz CT molecular complexity index is 118. The molecule has 0 unspecified atom stereocenters. The third-order valence-electron chi connectivity index (χ3n) is 1.43. The van der Waals surface area contributed by atoms with Gasteiger partial charge in [0, 0.05) is 6.54 Å². The minimum atomic E-state index is -0.328. The van der Waals surface area contributed by atoms with Crippen molar-refractivity contribution in [2.45, 2.75) is 26.2 Å². The second kappa shape index (κ2) is 8.33. The fourth-order valence-corrected chi connectivity index (χ4v) is 0.819. The van der Waals surface area contributed by atoms with Crippen LogP contribution < -0.4 is 11.1 Å². The number of hydrogen-bond acceptors (Lipinski definition) is 3. The summed E-state index contributed by atoms with van der Waals surface area (Å²) in [5, 5.41) is 2.64. The van der Waals surface area contributed by atoms with E-state index in [4.69, 9.17) is 5.73 Å². The third kappa shape index (κ3) is 7.34. The topological polar surface area (TPSA) is 64.3 Å². The van der Waals surface area contributed by atoms with Crippen molar-refractivity contribution < 1.29 is 9.53 Å². The molecule has 0 atom stereocenters. The van der Waals surface area contributed by atoms with Gasteiger partial charge in [0.15, 0.2) is 0 Å². The first-order chi connectivity index (χ1) is 5.81. The number of ether oxygens (including phenoxy) is 1. The molecular formula is C8H18N2O2. The molecule has 0 rings (SSSR count). The monoisotopic (exact) mass is 174 g/mol. The average Bonchev–Trinajstić information content (AvgIpc) is 2.05. The number of carbonyl (C=O) groups is 1. The Hall–Kier alpha value is -0.770. The summed E-state index contributed by atoms with van der Waals surface area (Å²) in [6.45, 7) is 3.61. The standard InChI is InChI=1S/C8H18N2O2/c1-2-12-8(11)10-7-5-3-4-6-9/h2-7,9H2,1H3,(H,10,11). The van der Waals surface area contributed by atoms with Crippen LogP contribution in [0.2, 0.25) is 0 Å². The van der Waals surface area contributed by atoms with Gasteiger partial charge in [-0.05, 0) is 26.3 Å². The summed E-state index contributed by atoms with van der Waals surface area (Å²) >= 11 is 0. The molecule has 0 aliphatic heterocycles. The van der Waals surface area contributed by atoms with E-state index in [2.05, 4.69) is 10.1 Å². The molecule has 12 heavy (non-hydrogen) atoms. The predicted molar refractivity (Wildman–Crippen MR) is 47.9 cm³/mol. The molecule has 4 nitrogen and oxygen atoms in total. The number of rotatable bonds is 6. The summed E-state index contributed by atoms with van der Waals surface area (Å²) in [5.41, 5.74) is 5.31. The van der Waals surface area contributed by atoms with Crippen molar-refractivity contribution in [3.63, 3.8) is 0 Å². The Morgan fingerprint density at radius 2 is 2.17 bits per heavy atom. The van der Waals surface area contributed by atoms with Gasteiger partial charge in [0.2, 0.25) is 0 Å². The summed E-state index contributed by atoms with van der Waals surface area (Å²) in [4.78, 5) is 10.7. The fourth-order valence-electron chi connectivity index (χ4n) is 0.819. The molecule has 0 bridgehead atoms. The van der Waals surface area contributed by atoms with E-state index >= 15 is 0 Å². The maximum Gasteiger partial charge on any atom is 0.407 e. The van der Waals surface area contributed by atoms with E-state index in [-0.39, 0.29) is 6.09 Å². The lowest BCUT2D eigenvalue weighted by Crippen LogP contribution is -2.25. The van der Waals surface area contributed by atoms with Crippen LogP contribution in [0.1, 0.15) is 26.2 Å². The smallest absolute Gasteiger partial charge is 0.407 e. The van der Waals surface area contributed by atoms with E-state index in [1.807, 2.05) is 0 Å². The Kier molecular flexibility index (Phi) is 7.79. The second-order valence-electron chi connectivity index (χ2n) is 2.50. The van der Waals surface area contributed by atoms with Gasteiger partial charge in [-0.3, -0.25) is 0 Å². The van der Waals surface area contributed by atoms with Crippen molar-refractivity contribution in [3.05, 3.63) is 0 Å². The third-order valence-corrected chi connectivity index (χ3v) is 1.43. The minimum absolute atomic E-state index is 0.328. The van der Waals surface area contributed by atoms with E-state index in [0.717, 1.165) is 25.8 Å². The van der Waals surface area contributed by atoms with E-state index in [1.54, 1.807) is 6.92 Å². The Morgan fingerprint density at radius 3 is 2.75 bits per heavy atom. The Balaban J connectivity index is 3.03. The van der Waals surface area contributed by atoms with Crippen LogP contribution in [0.25, 0.3) is 0 Å². The fraction of sp³-hybridized carbons (Fsp3) is 0.875. The molecule has 0 aromatic heterocycles. The van der Waals surface area contributed by atoms with Crippen LogP contribution in [-0.2, 0) is 4.74 Å². The highest BCUT2D eigenvalue weighted by atomic mass is 16.5. The number of unbranched alkanes of at least 4 members (excludes halogenated alkanes) is 2. The van der Waals surface area contributed by atoms with Gasteiger partial charge in [-0.25, -0.2) is 4.79 Å². The van der Waals surface area contributed by atoms with Crippen LogP contribution in [-0.4, -0.2) is 25.8 Å². The van der Waals surface area contributed by atoms with E-state index in [1.165, 1.54) is 0 Å². The molecule has 0 saturated carbocycles. The van der Waals surface area contributed by atoms with Crippen LogP contribution in [0, 0.1) is 0 Å². The number of hydrogen-bond donors (Lipinski definition) is 2. The molecule has 1 amide bonds. The Morgan fingerprint density at radius 1 is 1.42 bits per heavy atom. The molecule has 3 N–H and O–H groups in total. The number of alkyl carbamates (subject to hydrolysis) is 1. The highest BCUT2D eigenvalue weighted by Crippen LogP contribution is 1.91. The SMILES string of the molecule is CCOC(=O)NCCCCCN. The highest BCUT2D eigenvalue weighted by Gasteiger charge is 1.96. The summed E-state index contributed by atoms with van der Waals surface area (Å²) < 4.78 is 4.67. The lowest BCUT2D eigenvalue weighted by Gasteiger charge is -2.03. The molecular weight excluding hydrogens is 156 g/mol. The zero-order valence-electron chi connectivity index (χ0n) is 7.64. The molecule has 0 aliphatic carbocycles. The van der Waals surface area contributed by atoms with Crippen molar-refractivity contribution in [2.75, 3.05) is 19.7 Å². The van der Waals surface area contributed by atoms with Crippen LogP contribution in [0.4, 0.5) is 4.79 Å². The largest absolute Gasteiger partial charge is 0.450 e. The summed E-state index contributed by atoms with van der Waals surface area (Å²) in [6.07, 6.45) is 2.72. The van der Waals surface area contributed by atoms with E-state index in [0.29, 0.717) is 13.2 Å². The van der Waals surface area contributed by atoms with Crippen LogP contribution in [0.15, 0.2) is 0 Å². The Labute approximate surface area is 73.5 Å². The summed E-state index contributed by atoms with van der Waals surface area (Å²) in [7, 11) is 0. The molecule has 0 fully saturated rings. The lowest BCUT2D eigenvalue weighted by molar-refractivity contribution is 0.152. The molecule has 4 heteroatoms. The first-order valence-corrected chi connectivity index (χ1v) is 4.42. The number of nitrogens with one attached hydrogen (secondary N) is 1. The normalized spacial score (nSPS) is 9.50. The zero-order chi connectivity index (χ0) is 9.23. The maximum absolute atomic E-state index is 10.7. The van der Waals surface area contributed by atoms with Gasteiger partial charge < -0.3 is 15.8 Å². The van der Waals surface area contributed by atoms with Gasteiger partial charge in [-0.15, -0.1) is 0 Å². The summed E-state index contributed by atoms with van der Waals surface area (Å²) in [5.74, 6) is 0. The lowest BCUT2D eigenvalue weighted by atomic mass is 10.2. The molecule has 0 spiro atoms. The van der Waals surface area contributed by atoms with Gasteiger partial charge in [-0.2, -0.15) is 0 Å². The predicted octanol–water partition coefficient (Wildman–Crippen LogP) is 0.861. The molecule has 0 aromatic rings. The van der Waals surface area contributed by atoms with Gasteiger partial charge in [0.25, 0.3) is 0 Å². The molecule has 0 aliphatic rings. The van der Waals surface area contributed by atoms with Crippen molar-refractivity contribution in [1.29, 1.82) is 0 Å². The molecule has 0 heterocycles. The van der Waals surface area contributed by atoms with Crippen molar-refractivity contribution in [3.8, 4) is 0 Å². The second-order valence-corrected chi connectivity index (χ2v) is 2.50. The minimum Gasteiger partial charge on any atom is -0.450 e.